The van der Waals surface area contributed by atoms with Crippen molar-refractivity contribution < 1.29 is 0 Å². The topological polar surface area (TPSA) is 26.0 Å². The highest BCUT2D eigenvalue weighted by atomic mass is 79.9. The summed E-state index contributed by atoms with van der Waals surface area (Å²) in [6.45, 7) is 2.24. The Morgan fingerprint density at radius 2 is 1.83 bits per heavy atom. The van der Waals surface area contributed by atoms with E-state index in [0.717, 1.165) is 21.5 Å². The second kappa shape index (κ2) is 8.95. The Kier molecular flexibility index (Phi) is 7.96. The summed E-state index contributed by atoms with van der Waals surface area (Å²) in [7, 11) is 0. The van der Waals surface area contributed by atoms with Crippen molar-refractivity contribution in [3.05, 3.63) is 33.3 Å². The number of rotatable bonds is 8. The predicted molar refractivity (Wildman–Crippen MR) is 84.1 cm³/mol. The molecule has 0 saturated carbocycles. The molecule has 1 unspecified atom stereocenters. The average Bonchev–Trinajstić information content (AvgIpc) is 2.36. The van der Waals surface area contributed by atoms with Crippen molar-refractivity contribution in [3.8, 4) is 0 Å². The highest BCUT2D eigenvalue weighted by Crippen LogP contribution is 2.27. The summed E-state index contributed by atoms with van der Waals surface area (Å²) >= 11 is 9.47. The summed E-state index contributed by atoms with van der Waals surface area (Å²) < 4.78 is 0.930. The zero-order valence-electron chi connectivity index (χ0n) is 11.1. The molecule has 0 heterocycles. The SMILES string of the molecule is CCCCCCCCC(N)c1ccc(Br)c(Cl)c1. The first-order valence-electron chi connectivity index (χ1n) is 6.85. The van der Waals surface area contributed by atoms with E-state index in [2.05, 4.69) is 28.9 Å². The molecule has 0 aliphatic rings. The summed E-state index contributed by atoms with van der Waals surface area (Å²) in [5, 5.41) is 0.742. The highest BCUT2D eigenvalue weighted by Gasteiger charge is 2.07. The minimum atomic E-state index is 0.113. The van der Waals surface area contributed by atoms with Crippen molar-refractivity contribution in [1.82, 2.24) is 0 Å². The van der Waals surface area contributed by atoms with Crippen molar-refractivity contribution in [2.24, 2.45) is 5.73 Å². The lowest BCUT2D eigenvalue weighted by Gasteiger charge is -2.12. The largest absolute Gasteiger partial charge is 0.324 e. The molecule has 1 nitrogen and oxygen atoms in total. The molecule has 1 aromatic rings. The minimum Gasteiger partial charge on any atom is -0.324 e. The van der Waals surface area contributed by atoms with Gasteiger partial charge in [-0.1, -0.05) is 63.1 Å². The molecule has 1 rings (SSSR count). The fraction of sp³-hybridized carbons (Fsp3) is 0.600. The van der Waals surface area contributed by atoms with E-state index in [0.29, 0.717) is 0 Å². The van der Waals surface area contributed by atoms with E-state index in [1.807, 2.05) is 12.1 Å². The van der Waals surface area contributed by atoms with Gasteiger partial charge in [-0.2, -0.15) is 0 Å². The number of halogens is 2. The number of benzene rings is 1. The Hall–Kier alpha value is -0.0500. The van der Waals surface area contributed by atoms with E-state index in [4.69, 9.17) is 17.3 Å². The fourth-order valence-electron chi connectivity index (χ4n) is 2.05. The van der Waals surface area contributed by atoms with Crippen LogP contribution in [-0.4, -0.2) is 0 Å². The average molecular weight is 333 g/mol. The summed E-state index contributed by atoms with van der Waals surface area (Å²) in [5.41, 5.74) is 7.32. The smallest absolute Gasteiger partial charge is 0.0551 e. The van der Waals surface area contributed by atoms with Crippen molar-refractivity contribution in [2.45, 2.75) is 57.9 Å². The minimum absolute atomic E-state index is 0.113. The van der Waals surface area contributed by atoms with Crippen LogP contribution in [-0.2, 0) is 0 Å². The van der Waals surface area contributed by atoms with Gasteiger partial charge in [0.25, 0.3) is 0 Å². The monoisotopic (exact) mass is 331 g/mol. The first-order valence-corrected chi connectivity index (χ1v) is 8.02. The van der Waals surface area contributed by atoms with Crippen LogP contribution in [0.15, 0.2) is 22.7 Å². The zero-order chi connectivity index (χ0) is 13.4. The summed E-state index contributed by atoms with van der Waals surface area (Å²) in [6.07, 6.45) is 8.89. The van der Waals surface area contributed by atoms with E-state index in [9.17, 15) is 0 Å². The molecule has 0 aromatic heterocycles. The van der Waals surface area contributed by atoms with E-state index in [1.165, 1.54) is 38.5 Å². The van der Waals surface area contributed by atoms with Crippen LogP contribution in [0.4, 0.5) is 0 Å². The summed E-state index contributed by atoms with van der Waals surface area (Å²) in [5.74, 6) is 0. The maximum Gasteiger partial charge on any atom is 0.0551 e. The highest BCUT2D eigenvalue weighted by molar-refractivity contribution is 9.10. The third-order valence-corrected chi connectivity index (χ3v) is 4.47. The summed E-state index contributed by atoms with van der Waals surface area (Å²) in [6, 6.07) is 6.10. The molecule has 0 spiro atoms. The van der Waals surface area contributed by atoms with Gasteiger partial charge in [0.1, 0.15) is 0 Å². The third kappa shape index (κ3) is 5.73. The molecule has 18 heavy (non-hydrogen) atoms. The van der Waals surface area contributed by atoms with Gasteiger partial charge in [-0.25, -0.2) is 0 Å². The van der Waals surface area contributed by atoms with Gasteiger partial charge in [-0.05, 0) is 40.0 Å². The molecule has 0 amide bonds. The van der Waals surface area contributed by atoms with Gasteiger partial charge in [0.2, 0.25) is 0 Å². The first-order chi connectivity index (χ1) is 8.65. The van der Waals surface area contributed by atoms with E-state index in [1.54, 1.807) is 0 Å². The molecular formula is C15H23BrClN. The van der Waals surface area contributed by atoms with Crippen molar-refractivity contribution in [3.63, 3.8) is 0 Å². The molecular weight excluding hydrogens is 310 g/mol. The zero-order valence-corrected chi connectivity index (χ0v) is 13.4. The second-order valence-electron chi connectivity index (χ2n) is 4.84. The number of nitrogens with two attached hydrogens (primary N) is 1. The number of unbranched alkanes of at least 4 members (excludes halogenated alkanes) is 5. The molecule has 0 fully saturated rings. The van der Waals surface area contributed by atoms with Crippen LogP contribution in [0.25, 0.3) is 0 Å². The lowest BCUT2D eigenvalue weighted by atomic mass is 10.0. The van der Waals surface area contributed by atoms with Gasteiger partial charge in [0, 0.05) is 10.5 Å². The molecule has 0 aliphatic carbocycles. The van der Waals surface area contributed by atoms with Crippen LogP contribution in [0.2, 0.25) is 5.02 Å². The van der Waals surface area contributed by atoms with Gasteiger partial charge in [-0.15, -0.1) is 0 Å². The molecule has 0 aliphatic heterocycles. The van der Waals surface area contributed by atoms with Crippen LogP contribution in [0.5, 0.6) is 0 Å². The standard InChI is InChI=1S/C15H23BrClN/c1-2-3-4-5-6-7-8-15(18)12-9-10-13(16)14(17)11-12/h9-11,15H,2-8,18H2,1H3. The van der Waals surface area contributed by atoms with Gasteiger partial charge in [-0.3, -0.25) is 0 Å². The van der Waals surface area contributed by atoms with Gasteiger partial charge < -0.3 is 5.73 Å². The van der Waals surface area contributed by atoms with Crippen LogP contribution in [0.3, 0.4) is 0 Å². The Balaban J connectivity index is 2.27. The Morgan fingerprint density at radius 3 is 2.50 bits per heavy atom. The van der Waals surface area contributed by atoms with Gasteiger partial charge in [0.05, 0.1) is 5.02 Å². The predicted octanol–water partition coefficient (Wildman–Crippen LogP) is 5.85. The van der Waals surface area contributed by atoms with Gasteiger partial charge >= 0.3 is 0 Å². The Labute approximate surface area is 124 Å². The maximum absolute atomic E-state index is 6.18. The molecule has 0 saturated heterocycles. The van der Waals surface area contributed by atoms with Crippen LogP contribution in [0, 0.1) is 0 Å². The van der Waals surface area contributed by atoms with Crippen LogP contribution >= 0.6 is 27.5 Å². The van der Waals surface area contributed by atoms with Gasteiger partial charge in [0.15, 0.2) is 0 Å². The Bertz CT molecular complexity index is 354. The Morgan fingerprint density at radius 1 is 1.17 bits per heavy atom. The molecule has 1 atom stereocenters. The van der Waals surface area contributed by atoms with Crippen LogP contribution in [0.1, 0.15) is 63.5 Å². The van der Waals surface area contributed by atoms with Crippen molar-refractivity contribution in [1.29, 1.82) is 0 Å². The molecule has 3 heteroatoms. The van der Waals surface area contributed by atoms with E-state index in [-0.39, 0.29) is 6.04 Å². The van der Waals surface area contributed by atoms with Crippen LogP contribution < -0.4 is 5.73 Å². The van der Waals surface area contributed by atoms with Crippen molar-refractivity contribution >= 4 is 27.5 Å². The second-order valence-corrected chi connectivity index (χ2v) is 6.10. The molecule has 0 bridgehead atoms. The molecule has 102 valence electrons. The lowest BCUT2D eigenvalue weighted by molar-refractivity contribution is 0.547. The first kappa shape index (κ1) is 16.0. The fourth-order valence-corrected chi connectivity index (χ4v) is 2.49. The third-order valence-electron chi connectivity index (χ3n) is 3.24. The quantitative estimate of drug-likeness (QED) is 0.593. The normalized spacial score (nSPS) is 12.7. The van der Waals surface area contributed by atoms with E-state index < -0.39 is 0 Å². The molecule has 0 radical (unpaired) electrons. The molecule has 1 aromatic carbocycles. The summed E-state index contributed by atoms with van der Waals surface area (Å²) in [4.78, 5) is 0. The van der Waals surface area contributed by atoms with E-state index >= 15 is 0 Å². The van der Waals surface area contributed by atoms with Crippen molar-refractivity contribution in [2.75, 3.05) is 0 Å². The number of hydrogen-bond acceptors (Lipinski definition) is 1. The number of hydrogen-bond donors (Lipinski definition) is 1. The lowest BCUT2D eigenvalue weighted by Crippen LogP contribution is -2.10. The maximum atomic E-state index is 6.18. The molecule has 2 N–H and O–H groups in total.